The summed E-state index contributed by atoms with van der Waals surface area (Å²) in [5.41, 5.74) is 2.62. The number of ether oxygens (including phenoxy) is 1. The van der Waals surface area contributed by atoms with Gasteiger partial charge in [-0.15, -0.1) is 0 Å². The zero-order valence-electron chi connectivity index (χ0n) is 23.9. The minimum atomic E-state index is -5.08. The van der Waals surface area contributed by atoms with Crippen molar-refractivity contribution in [3.8, 4) is 0 Å². The standard InChI is InChI=1S/C19H27N5O.3C2HF3O2/c1-22-11-17(10-21-22)13-23-7-4-18-14-24(8-9-25-19(18)15-23)12-16-2-5-20-6-3-16;3*3-2(4,5)1(6)7/h2-3,5-6,10-11,18-19H,4,7-9,12-15H2,1H3;3*(H,6,7)/t18-,19-;;;/m1.../s1. The van der Waals surface area contributed by atoms with Crippen LogP contribution in [-0.4, -0.2) is 115 Å². The highest BCUT2D eigenvalue weighted by Crippen LogP contribution is 2.26. The van der Waals surface area contributed by atoms with E-state index < -0.39 is 36.4 Å². The highest BCUT2D eigenvalue weighted by atomic mass is 19.4. The zero-order valence-corrected chi connectivity index (χ0v) is 23.9. The summed E-state index contributed by atoms with van der Waals surface area (Å²) in [7, 11) is 1.97. The molecule has 260 valence electrons. The van der Waals surface area contributed by atoms with E-state index in [9.17, 15) is 39.5 Å². The summed E-state index contributed by atoms with van der Waals surface area (Å²) in [6.07, 6.45) is -5.86. The normalized spacial score (nSPS) is 19.0. The Morgan fingerprint density at radius 3 is 1.70 bits per heavy atom. The van der Waals surface area contributed by atoms with Gasteiger partial charge >= 0.3 is 36.4 Å². The second-order valence-corrected chi connectivity index (χ2v) is 9.71. The first-order valence-corrected chi connectivity index (χ1v) is 12.9. The summed E-state index contributed by atoms with van der Waals surface area (Å²) in [6, 6.07) is 4.22. The number of piperidine rings is 1. The van der Waals surface area contributed by atoms with Gasteiger partial charge in [0.05, 0.1) is 18.9 Å². The van der Waals surface area contributed by atoms with Gasteiger partial charge in [-0.25, -0.2) is 14.4 Å². The molecule has 0 aromatic carbocycles. The Labute approximate surface area is 255 Å². The van der Waals surface area contributed by atoms with Gasteiger partial charge in [0.2, 0.25) is 0 Å². The van der Waals surface area contributed by atoms with Gasteiger partial charge in [-0.05, 0) is 30.7 Å². The first-order chi connectivity index (χ1) is 21.1. The molecular weight excluding hydrogens is 653 g/mol. The summed E-state index contributed by atoms with van der Waals surface area (Å²) in [5, 5.41) is 25.7. The molecule has 0 unspecified atom stereocenters. The highest BCUT2D eigenvalue weighted by molar-refractivity contribution is 5.73. The molecule has 46 heavy (non-hydrogen) atoms. The van der Waals surface area contributed by atoms with Gasteiger partial charge in [-0.3, -0.25) is 19.5 Å². The van der Waals surface area contributed by atoms with Crippen molar-refractivity contribution in [2.24, 2.45) is 13.0 Å². The molecule has 2 atom stereocenters. The van der Waals surface area contributed by atoms with Crippen molar-refractivity contribution in [1.82, 2.24) is 24.6 Å². The second kappa shape index (κ2) is 17.6. The Morgan fingerprint density at radius 2 is 1.26 bits per heavy atom. The fraction of sp³-hybridized carbons (Fsp3) is 0.560. The molecule has 21 heteroatoms. The average Bonchev–Trinajstić information content (AvgIpc) is 3.23. The van der Waals surface area contributed by atoms with Crippen LogP contribution in [0.3, 0.4) is 0 Å². The Hall–Kier alpha value is -3.98. The maximum absolute atomic E-state index is 10.6. The number of carboxylic acids is 3. The van der Waals surface area contributed by atoms with Crippen LogP contribution in [0.5, 0.6) is 0 Å². The molecule has 2 aromatic heterocycles. The third kappa shape index (κ3) is 15.8. The van der Waals surface area contributed by atoms with Crippen molar-refractivity contribution >= 4 is 17.9 Å². The number of carbonyl (C=O) groups is 3. The first kappa shape index (κ1) is 40.0. The molecule has 0 saturated carbocycles. The van der Waals surface area contributed by atoms with Crippen molar-refractivity contribution in [3.05, 3.63) is 48.0 Å². The number of aliphatic carboxylic acids is 3. The molecule has 2 saturated heterocycles. The van der Waals surface area contributed by atoms with Gasteiger partial charge in [0.1, 0.15) is 0 Å². The number of hydrogen-bond acceptors (Lipinski definition) is 8. The van der Waals surface area contributed by atoms with E-state index in [2.05, 4.69) is 38.2 Å². The van der Waals surface area contributed by atoms with E-state index in [0.717, 1.165) is 45.9 Å². The number of aryl methyl sites for hydroxylation is 1. The predicted octanol–water partition coefficient (Wildman–Crippen LogP) is 3.44. The molecule has 2 aromatic rings. The largest absolute Gasteiger partial charge is 0.490 e. The van der Waals surface area contributed by atoms with Gasteiger partial charge < -0.3 is 20.1 Å². The van der Waals surface area contributed by atoms with E-state index in [4.69, 9.17) is 34.4 Å². The van der Waals surface area contributed by atoms with Crippen LogP contribution in [0.4, 0.5) is 39.5 Å². The number of hydrogen-bond donors (Lipinski definition) is 3. The van der Waals surface area contributed by atoms with E-state index in [-0.39, 0.29) is 0 Å². The Balaban J connectivity index is 0.000000413. The summed E-state index contributed by atoms with van der Waals surface area (Å²) >= 11 is 0. The minimum Gasteiger partial charge on any atom is -0.475 e. The monoisotopic (exact) mass is 683 g/mol. The Morgan fingerprint density at radius 1 is 0.804 bits per heavy atom. The number of alkyl halides is 9. The van der Waals surface area contributed by atoms with E-state index >= 15 is 0 Å². The van der Waals surface area contributed by atoms with Crippen LogP contribution in [0.2, 0.25) is 0 Å². The fourth-order valence-electron chi connectivity index (χ4n) is 4.03. The number of aromatic nitrogens is 3. The zero-order chi connectivity index (χ0) is 35.3. The van der Waals surface area contributed by atoms with Crippen LogP contribution in [-0.2, 0) is 39.3 Å². The maximum Gasteiger partial charge on any atom is 0.490 e. The lowest BCUT2D eigenvalue weighted by atomic mass is 9.93. The molecular formula is C25H30F9N5O7. The molecule has 0 radical (unpaired) electrons. The summed E-state index contributed by atoms with van der Waals surface area (Å²) in [4.78, 5) is 35.8. The molecule has 12 nitrogen and oxygen atoms in total. The van der Waals surface area contributed by atoms with Crippen molar-refractivity contribution in [1.29, 1.82) is 0 Å². The lowest BCUT2D eigenvalue weighted by Gasteiger charge is -2.38. The van der Waals surface area contributed by atoms with E-state index in [1.54, 1.807) is 0 Å². The summed E-state index contributed by atoms with van der Waals surface area (Å²) in [6.45, 7) is 7.11. The maximum atomic E-state index is 10.6. The van der Waals surface area contributed by atoms with Crippen LogP contribution in [0, 0.1) is 5.92 Å². The van der Waals surface area contributed by atoms with Crippen molar-refractivity contribution in [3.63, 3.8) is 0 Å². The molecule has 0 bridgehead atoms. The van der Waals surface area contributed by atoms with Crippen molar-refractivity contribution in [2.75, 3.05) is 32.8 Å². The molecule has 0 spiro atoms. The Kier molecular flexibility index (Phi) is 15.4. The summed E-state index contributed by atoms with van der Waals surface area (Å²) in [5.74, 6) is -7.64. The van der Waals surface area contributed by atoms with Gasteiger partial charge in [0.25, 0.3) is 0 Å². The van der Waals surface area contributed by atoms with Gasteiger partial charge in [-0.2, -0.15) is 44.6 Å². The number of nitrogens with zero attached hydrogens (tertiary/aromatic N) is 5. The third-order valence-electron chi connectivity index (χ3n) is 6.06. The number of rotatable bonds is 4. The third-order valence-corrected chi connectivity index (χ3v) is 6.06. The van der Waals surface area contributed by atoms with E-state index in [1.807, 2.05) is 30.3 Å². The van der Waals surface area contributed by atoms with Crippen molar-refractivity contribution in [2.45, 2.75) is 44.1 Å². The van der Waals surface area contributed by atoms with Crippen molar-refractivity contribution < 1.29 is 74.0 Å². The van der Waals surface area contributed by atoms with Crippen LogP contribution in [0.25, 0.3) is 0 Å². The van der Waals surface area contributed by atoms with Crippen LogP contribution in [0.1, 0.15) is 17.5 Å². The quantitative estimate of drug-likeness (QED) is 0.406. The SMILES string of the molecule is Cn1cc(CN2CC[C@@H]3CN(Cc4ccncc4)CCO[C@@H]3C2)cn1.O=C(O)C(F)(F)F.O=C(O)C(F)(F)F.O=C(O)C(F)(F)F. The first-order valence-electron chi connectivity index (χ1n) is 12.9. The molecule has 2 aliphatic rings. The lowest BCUT2D eigenvalue weighted by molar-refractivity contribution is -0.193. The lowest BCUT2D eigenvalue weighted by Crippen LogP contribution is -2.46. The topological polar surface area (TPSA) is 158 Å². The smallest absolute Gasteiger partial charge is 0.475 e. The second-order valence-electron chi connectivity index (χ2n) is 9.71. The number of likely N-dealkylation sites (tertiary alicyclic amines) is 1. The number of pyridine rings is 1. The number of fused-ring (bicyclic) bond motifs is 1. The molecule has 2 fully saturated rings. The molecule has 3 N–H and O–H groups in total. The molecule has 2 aliphatic heterocycles. The van der Waals surface area contributed by atoms with Crippen LogP contribution >= 0.6 is 0 Å². The summed E-state index contributed by atoms with van der Waals surface area (Å²) < 4.78 is 103. The predicted molar refractivity (Wildman–Crippen MR) is 137 cm³/mol. The van der Waals surface area contributed by atoms with Gasteiger partial charge in [-0.1, -0.05) is 0 Å². The number of carboxylic acid groups (broad SMARTS) is 3. The molecule has 0 amide bonds. The Bertz CT molecular complexity index is 1180. The molecule has 4 rings (SSSR count). The van der Waals surface area contributed by atoms with Crippen LogP contribution in [0.15, 0.2) is 36.9 Å². The molecule has 0 aliphatic carbocycles. The van der Waals surface area contributed by atoms with Gasteiger partial charge in [0, 0.05) is 69.8 Å². The average molecular weight is 684 g/mol. The van der Waals surface area contributed by atoms with Gasteiger partial charge in [0.15, 0.2) is 0 Å². The highest BCUT2D eigenvalue weighted by Gasteiger charge is 2.39. The number of halogens is 9. The van der Waals surface area contributed by atoms with E-state index in [1.165, 1.54) is 17.5 Å². The fourth-order valence-corrected chi connectivity index (χ4v) is 4.03. The molecule has 4 heterocycles. The minimum absolute atomic E-state index is 0.355. The van der Waals surface area contributed by atoms with Crippen LogP contribution < -0.4 is 0 Å². The van der Waals surface area contributed by atoms with E-state index in [0.29, 0.717) is 12.0 Å².